The number of alkyl halides is 3. The van der Waals surface area contributed by atoms with Crippen molar-refractivity contribution in [2.75, 3.05) is 16.8 Å². The van der Waals surface area contributed by atoms with Crippen LogP contribution in [0.2, 0.25) is 0 Å². The van der Waals surface area contributed by atoms with E-state index in [0.717, 1.165) is 16.7 Å². The fraction of sp³-hybridized carbons (Fsp3) is 0.258. The SMILES string of the molecule is CC1=C(C(F)(F)F)SC=C(NC(=O)Nc2ccccc2N2CC(C)(C)c3c(-c4ccc(F)cc4)ccc(O)c32)CC1. The number of allylic oxidation sites excluding steroid dienone is 3. The van der Waals surface area contributed by atoms with Crippen LogP contribution in [-0.2, 0) is 5.41 Å². The predicted molar refractivity (Wildman–Crippen MR) is 156 cm³/mol. The molecule has 0 unspecified atom stereocenters. The Morgan fingerprint density at radius 2 is 1.71 bits per heavy atom. The van der Waals surface area contributed by atoms with Crippen molar-refractivity contribution in [1.82, 2.24) is 5.32 Å². The predicted octanol–water partition coefficient (Wildman–Crippen LogP) is 8.95. The first-order valence-electron chi connectivity index (χ1n) is 13.0. The number of phenolic OH excluding ortho intramolecular Hbond substituents is 1. The molecule has 3 N–H and O–H groups in total. The molecule has 2 aliphatic heterocycles. The number of anilines is 3. The number of hydrogen-bond acceptors (Lipinski definition) is 4. The van der Waals surface area contributed by atoms with E-state index in [9.17, 15) is 27.5 Å². The lowest BCUT2D eigenvalue weighted by molar-refractivity contribution is -0.0843. The number of para-hydroxylation sites is 2. The van der Waals surface area contributed by atoms with Crippen LogP contribution in [0.4, 0.5) is 39.4 Å². The van der Waals surface area contributed by atoms with Crippen LogP contribution in [0.25, 0.3) is 11.1 Å². The van der Waals surface area contributed by atoms with Crippen LogP contribution in [0.5, 0.6) is 5.75 Å². The number of nitrogens with one attached hydrogen (secondary N) is 2. The van der Waals surface area contributed by atoms with Crippen molar-refractivity contribution in [3.05, 3.63) is 93.6 Å². The van der Waals surface area contributed by atoms with Gasteiger partial charge in [-0.2, -0.15) is 13.2 Å². The Bertz CT molecular complexity index is 1560. The van der Waals surface area contributed by atoms with Gasteiger partial charge < -0.3 is 20.6 Å². The van der Waals surface area contributed by atoms with Crippen molar-refractivity contribution in [3.8, 4) is 16.9 Å². The maximum atomic E-state index is 13.6. The lowest BCUT2D eigenvalue weighted by Gasteiger charge is -2.25. The zero-order valence-corrected chi connectivity index (χ0v) is 23.5. The van der Waals surface area contributed by atoms with Crippen molar-refractivity contribution in [3.63, 3.8) is 0 Å². The van der Waals surface area contributed by atoms with E-state index in [1.54, 1.807) is 30.3 Å². The maximum Gasteiger partial charge on any atom is 0.422 e. The highest BCUT2D eigenvalue weighted by Gasteiger charge is 2.41. The molecule has 0 radical (unpaired) electrons. The fourth-order valence-corrected chi connectivity index (χ4v) is 6.28. The monoisotopic (exact) mass is 583 g/mol. The number of nitrogens with zero attached hydrogens (tertiary/aromatic N) is 1. The van der Waals surface area contributed by atoms with Gasteiger partial charge in [0.1, 0.15) is 11.6 Å². The molecule has 3 aromatic rings. The third-order valence-electron chi connectivity index (χ3n) is 7.26. The molecule has 3 aromatic carbocycles. The Kier molecular flexibility index (Phi) is 7.54. The van der Waals surface area contributed by atoms with E-state index in [-0.39, 0.29) is 30.0 Å². The molecule has 10 heteroatoms. The van der Waals surface area contributed by atoms with Gasteiger partial charge in [0, 0.05) is 17.7 Å². The summed E-state index contributed by atoms with van der Waals surface area (Å²) in [5, 5.41) is 17.9. The number of halogens is 4. The second kappa shape index (κ2) is 10.8. The molecule has 0 bridgehead atoms. The van der Waals surface area contributed by atoms with Gasteiger partial charge in [0.05, 0.1) is 22.0 Å². The highest BCUT2D eigenvalue weighted by atomic mass is 32.2. The molecule has 0 spiro atoms. The third-order valence-corrected chi connectivity index (χ3v) is 8.48. The van der Waals surface area contributed by atoms with Gasteiger partial charge in [-0.1, -0.05) is 61.5 Å². The number of carbonyl (C=O) groups excluding carboxylic acids is 1. The molecule has 0 aliphatic carbocycles. The lowest BCUT2D eigenvalue weighted by atomic mass is 9.81. The van der Waals surface area contributed by atoms with E-state index in [2.05, 4.69) is 24.5 Å². The van der Waals surface area contributed by atoms with E-state index in [1.165, 1.54) is 24.5 Å². The first kappa shape index (κ1) is 28.6. The van der Waals surface area contributed by atoms with Gasteiger partial charge in [-0.05, 0) is 72.2 Å². The molecular formula is C31H29F4N3O2S. The summed E-state index contributed by atoms with van der Waals surface area (Å²) in [5.74, 6) is -0.270. The first-order valence-corrected chi connectivity index (χ1v) is 13.9. The van der Waals surface area contributed by atoms with Crippen LogP contribution in [0.3, 0.4) is 0 Å². The highest BCUT2D eigenvalue weighted by molar-refractivity contribution is 8.05. The number of urea groups is 1. The van der Waals surface area contributed by atoms with E-state index >= 15 is 0 Å². The molecule has 0 saturated heterocycles. The van der Waals surface area contributed by atoms with Crippen LogP contribution < -0.4 is 15.5 Å². The van der Waals surface area contributed by atoms with Gasteiger partial charge in [0.25, 0.3) is 0 Å². The van der Waals surface area contributed by atoms with Crippen LogP contribution in [0.15, 0.2) is 82.2 Å². The van der Waals surface area contributed by atoms with Crippen molar-refractivity contribution in [2.24, 2.45) is 0 Å². The topological polar surface area (TPSA) is 64.6 Å². The van der Waals surface area contributed by atoms with E-state index < -0.39 is 22.5 Å². The molecule has 2 amide bonds. The summed E-state index contributed by atoms with van der Waals surface area (Å²) in [4.78, 5) is 14.3. The van der Waals surface area contributed by atoms with Crippen molar-refractivity contribution < 1.29 is 27.5 Å². The number of thioether (sulfide) groups is 1. The molecule has 5 nitrogen and oxygen atoms in total. The van der Waals surface area contributed by atoms with Crippen LogP contribution in [0.1, 0.15) is 39.2 Å². The second-order valence-corrected chi connectivity index (χ2v) is 11.7. The van der Waals surface area contributed by atoms with Crippen molar-refractivity contribution in [1.29, 1.82) is 0 Å². The van der Waals surface area contributed by atoms with E-state index in [4.69, 9.17) is 0 Å². The van der Waals surface area contributed by atoms with Gasteiger partial charge in [-0.15, -0.1) is 0 Å². The summed E-state index contributed by atoms with van der Waals surface area (Å²) in [6, 6.07) is 16.2. The van der Waals surface area contributed by atoms with E-state index in [1.807, 2.05) is 23.1 Å². The normalized spacial score (nSPS) is 16.7. The van der Waals surface area contributed by atoms with Crippen LogP contribution in [-0.4, -0.2) is 23.9 Å². The zero-order valence-electron chi connectivity index (χ0n) is 22.7. The number of hydrogen-bond donors (Lipinski definition) is 3. The lowest BCUT2D eigenvalue weighted by Crippen LogP contribution is -2.30. The first-order chi connectivity index (χ1) is 19.3. The Labute approximate surface area is 239 Å². The Morgan fingerprint density at radius 3 is 2.41 bits per heavy atom. The molecule has 41 heavy (non-hydrogen) atoms. The van der Waals surface area contributed by atoms with Gasteiger partial charge in [0.2, 0.25) is 0 Å². The molecule has 5 rings (SSSR count). The van der Waals surface area contributed by atoms with Crippen molar-refractivity contribution in [2.45, 2.75) is 45.2 Å². The molecule has 214 valence electrons. The number of phenols is 1. The number of rotatable bonds is 4. The van der Waals surface area contributed by atoms with Crippen LogP contribution in [0, 0.1) is 5.82 Å². The van der Waals surface area contributed by atoms with Crippen LogP contribution >= 0.6 is 11.8 Å². The number of aromatic hydroxyl groups is 1. The maximum absolute atomic E-state index is 13.6. The number of benzene rings is 3. The summed E-state index contributed by atoms with van der Waals surface area (Å²) < 4.78 is 53.6. The molecule has 0 atom stereocenters. The largest absolute Gasteiger partial charge is 0.506 e. The third kappa shape index (κ3) is 5.79. The number of amides is 2. The molecule has 0 fully saturated rings. The summed E-state index contributed by atoms with van der Waals surface area (Å²) in [6.07, 6.45) is -4.00. The van der Waals surface area contributed by atoms with Gasteiger partial charge in [-0.3, -0.25) is 0 Å². The molecule has 0 aromatic heterocycles. The fourth-order valence-electron chi connectivity index (χ4n) is 5.41. The zero-order chi connectivity index (χ0) is 29.5. The number of fused-ring (bicyclic) bond motifs is 1. The number of carbonyl (C=O) groups is 1. The highest BCUT2D eigenvalue weighted by Crippen LogP contribution is 2.53. The smallest absolute Gasteiger partial charge is 0.422 e. The van der Waals surface area contributed by atoms with E-state index in [0.29, 0.717) is 41.1 Å². The molecule has 0 saturated carbocycles. The standard InChI is InChI=1S/C31H29F4N3O2S/c1-18-8-13-21(16-41-28(18)31(33,34)35)36-29(40)37-23-6-4-5-7-24(23)38-17-30(2,3)26-22(14-15-25(39)27(26)38)19-9-11-20(32)12-10-19/h4-7,9-12,14-16,39H,8,13,17H2,1-3H3,(H2,36,37,40). The van der Waals surface area contributed by atoms with Crippen molar-refractivity contribution >= 4 is 34.9 Å². The molecular weight excluding hydrogens is 554 g/mol. The average Bonchev–Trinajstić information content (AvgIpc) is 3.05. The minimum absolute atomic E-state index is 0.0691. The summed E-state index contributed by atoms with van der Waals surface area (Å²) in [7, 11) is 0. The second-order valence-electron chi connectivity index (χ2n) is 10.8. The van der Waals surface area contributed by atoms with Gasteiger partial charge >= 0.3 is 12.2 Å². The minimum Gasteiger partial charge on any atom is -0.506 e. The Morgan fingerprint density at radius 1 is 1.00 bits per heavy atom. The van der Waals surface area contributed by atoms with Gasteiger partial charge in [-0.25, -0.2) is 9.18 Å². The summed E-state index contributed by atoms with van der Waals surface area (Å²) in [5.41, 5.74) is 4.48. The molecule has 2 aliphatic rings. The Hall–Kier alpha value is -3.92. The minimum atomic E-state index is -4.44. The average molecular weight is 584 g/mol. The summed E-state index contributed by atoms with van der Waals surface area (Å²) >= 11 is 0.566. The molecule has 2 heterocycles. The Balaban J connectivity index is 1.43. The summed E-state index contributed by atoms with van der Waals surface area (Å²) in [6.45, 7) is 6.06. The quantitative estimate of drug-likeness (QED) is 0.268. The van der Waals surface area contributed by atoms with Gasteiger partial charge in [0.15, 0.2) is 0 Å².